The molecule has 0 amide bonds. The molecule has 1 aromatic carbocycles. The Hall–Kier alpha value is -1.40. The lowest BCUT2D eigenvalue weighted by molar-refractivity contribution is -0.0512. The minimum Gasteiger partial charge on any atom is -0.493 e. The van der Waals surface area contributed by atoms with Gasteiger partial charge in [-0.15, -0.1) is 0 Å². The van der Waals surface area contributed by atoms with Gasteiger partial charge in [0.2, 0.25) is 0 Å². The van der Waals surface area contributed by atoms with Crippen molar-refractivity contribution in [1.82, 2.24) is 10.2 Å². The molecule has 0 saturated carbocycles. The molecule has 2 rings (SSSR count). The maximum absolute atomic E-state index is 12.5. The molecule has 0 aromatic heterocycles. The van der Waals surface area contributed by atoms with Gasteiger partial charge in [0, 0.05) is 31.2 Å². The van der Waals surface area contributed by atoms with Crippen LogP contribution in [0, 0.1) is 0 Å². The van der Waals surface area contributed by atoms with Crippen molar-refractivity contribution in [3.63, 3.8) is 0 Å². The van der Waals surface area contributed by atoms with E-state index in [9.17, 15) is 8.78 Å². The van der Waals surface area contributed by atoms with Gasteiger partial charge in [0.25, 0.3) is 0 Å². The molecular formula is C18H28F2N2O2. The van der Waals surface area contributed by atoms with E-state index in [2.05, 4.69) is 35.7 Å². The van der Waals surface area contributed by atoms with Crippen LogP contribution in [0.1, 0.15) is 39.2 Å². The van der Waals surface area contributed by atoms with Crippen molar-refractivity contribution in [3.05, 3.63) is 23.8 Å². The zero-order chi connectivity index (χ0) is 17.7. The van der Waals surface area contributed by atoms with Gasteiger partial charge in [0.1, 0.15) is 0 Å². The number of piperidine rings is 1. The normalized spacial score (nSPS) is 17.3. The highest BCUT2D eigenvalue weighted by molar-refractivity contribution is 5.43. The van der Waals surface area contributed by atoms with Crippen LogP contribution in [0.4, 0.5) is 8.78 Å². The molecule has 6 heteroatoms. The summed E-state index contributed by atoms with van der Waals surface area (Å²) < 4.78 is 34.5. The molecule has 0 bridgehead atoms. The molecular weight excluding hydrogens is 314 g/mol. The van der Waals surface area contributed by atoms with Gasteiger partial charge in [0.05, 0.1) is 7.11 Å². The van der Waals surface area contributed by atoms with Gasteiger partial charge in [-0.05, 0) is 51.3 Å². The number of hydrogen-bond donors (Lipinski definition) is 1. The van der Waals surface area contributed by atoms with Crippen LogP contribution >= 0.6 is 0 Å². The zero-order valence-corrected chi connectivity index (χ0v) is 14.9. The fourth-order valence-electron chi connectivity index (χ4n) is 3.04. The van der Waals surface area contributed by atoms with Crippen LogP contribution in [0.3, 0.4) is 0 Å². The summed E-state index contributed by atoms with van der Waals surface area (Å²) in [6, 6.07) is 5.60. The standard InChI is InChI=1S/C18H28F2N2O2/c1-18(2,3)22-9-7-14(8-10-22)21-12-13-5-6-15(23-4)16(11-13)24-17(19)20/h5-6,11,14,17,21H,7-10,12H2,1-4H3. The summed E-state index contributed by atoms with van der Waals surface area (Å²) in [5, 5.41) is 3.52. The first-order valence-electron chi connectivity index (χ1n) is 8.40. The molecule has 0 unspecified atom stereocenters. The third kappa shape index (κ3) is 5.31. The highest BCUT2D eigenvalue weighted by Gasteiger charge is 2.26. The zero-order valence-electron chi connectivity index (χ0n) is 14.9. The van der Waals surface area contributed by atoms with E-state index in [1.165, 1.54) is 7.11 Å². The van der Waals surface area contributed by atoms with Crippen LogP contribution in [0.5, 0.6) is 11.5 Å². The predicted molar refractivity (Wildman–Crippen MR) is 90.8 cm³/mol. The molecule has 0 spiro atoms. The number of likely N-dealkylation sites (tertiary alicyclic amines) is 1. The van der Waals surface area contributed by atoms with Crippen molar-refractivity contribution in [2.24, 2.45) is 0 Å². The Morgan fingerprint density at radius 3 is 2.42 bits per heavy atom. The molecule has 136 valence electrons. The summed E-state index contributed by atoms with van der Waals surface area (Å²) in [5.41, 5.74) is 1.12. The van der Waals surface area contributed by atoms with Crippen LogP contribution in [-0.4, -0.2) is 43.3 Å². The van der Waals surface area contributed by atoms with Gasteiger partial charge >= 0.3 is 6.61 Å². The van der Waals surface area contributed by atoms with E-state index in [0.29, 0.717) is 18.3 Å². The second kappa shape index (κ2) is 8.12. The van der Waals surface area contributed by atoms with E-state index in [4.69, 9.17) is 4.74 Å². The predicted octanol–water partition coefficient (Wildman–Crippen LogP) is 3.65. The molecule has 0 aliphatic carbocycles. The fourth-order valence-corrected chi connectivity index (χ4v) is 3.04. The van der Waals surface area contributed by atoms with Gasteiger partial charge in [-0.3, -0.25) is 4.90 Å². The summed E-state index contributed by atoms with van der Waals surface area (Å²) >= 11 is 0. The average Bonchev–Trinajstić information content (AvgIpc) is 2.52. The van der Waals surface area contributed by atoms with Crippen LogP contribution in [-0.2, 0) is 6.54 Å². The molecule has 1 aromatic rings. The molecule has 0 radical (unpaired) electrons. The summed E-state index contributed by atoms with van der Waals surface area (Å²) in [6.45, 7) is 6.63. The van der Waals surface area contributed by atoms with Crippen molar-refractivity contribution in [2.45, 2.75) is 58.3 Å². The van der Waals surface area contributed by atoms with Crippen molar-refractivity contribution in [2.75, 3.05) is 20.2 Å². The van der Waals surface area contributed by atoms with Crippen molar-refractivity contribution >= 4 is 0 Å². The quantitative estimate of drug-likeness (QED) is 0.856. The van der Waals surface area contributed by atoms with E-state index in [0.717, 1.165) is 31.5 Å². The van der Waals surface area contributed by atoms with E-state index in [1.54, 1.807) is 12.1 Å². The summed E-state index contributed by atoms with van der Waals surface area (Å²) in [7, 11) is 1.44. The summed E-state index contributed by atoms with van der Waals surface area (Å²) in [4.78, 5) is 2.49. The highest BCUT2D eigenvalue weighted by atomic mass is 19.3. The van der Waals surface area contributed by atoms with Gasteiger partial charge in [0.15, 0.2) is 11.5 Å². The van der Waals surface area contributed by atoms with E-state index < -0.39 is 6.61 Å². The highest BCUT2D eigenvalue weighted by Crippen LogP contribution is 2.29. The number of rotatable bonds is 6. The summed E-state index contributed by atoms with van der Waals surface area (Å²) in [6.07, 6.45) is 2.18. The number of halogens is 2. The maximum atomic E-state index is 12.5. The molecule has 1 saturated heterocycles. The lowest BCUT2D eigenvalue weighted by Gasteiger charge is -2.41. The van der Waals surface area contributed by atoms with Gasteiger partial charge in [-0.2, -0.15) is 8.78 Å². The van der Waals surface area contributed by atoms with Crippen molar-refractivity contribution < 1.29 is 18.3 Å². The molecule has 24 heavy (non-hydrogen) atoms. The Balaban J connectivity index is 1.88. The van der Waals surface area contributed by atoms with Gasteiger partial charge < -0.3 is 14.8 Å². The molecule has 1 fully saturated rings. The lowest BCUT2D eigenvalue weighted by Crippen LogP contribution is -2.49. The Morgan fingerprint density at radius 1 is 1.21 bits per heavy atom. The van der Waals surface area contributed by atoms with Crippen LogP contribution in [0.25, 0.3) is 0 Å². The molecule has 1 heterocycles. The number of nitrogens with zero attached hydrogens (tertiary/aromatic N) is 1. The Labute approximate surface area is 143 Å². The van der Waals surface area contributed by atoms with E-state index >= 15 is 0 Å². The first-order chi connectivity index (χ1) is 11.3. The minimum atomic E-state index is -2.86. The van der Waals surface area contributed by atoms with Crippen LogP contribution < -0.4 is 14.8 Å². The van der Waals surface area contributed by atoms with E-state index in [1.807, 2.05) is 6.07 Å². The van der Waals surface area contributed by atoms with Gasteiger partial charge in [-0.1, -0.05) is 6.07 Å². The molecule has 0 atom stereocenters. The molecule has 1 aliphatic heterocycles. The van der Waals surface area contributed by atoms with Crippen molar-refractivity contribution in [1.29, 1.82) is 0 Å². The average molecular weight is 342 g/mol. The maximum Gasteiger partial charge on any atom is 0.387 e. The van der Waals surface area contributed by atoms with E-state index in [-0.39, 0.29) is 11.3 Å². The molecule has 4 nitrogen and oxygen atoms in total. The second-order valence-electron chi connectivity index (χ2n) is 7.18. The number of alkyl halides is 2. The number of ether oxygens (including phenoxy) is 2. The first kappa shape index (κ1) is 18.9. The Kier molecular flexibility index (Phi) is 6.40. The first-order valence-corrected chi connectivity index (χ1v) is 8.40. The Bertz CT molecular complexity index is 524. The molecule has 1 N–H and O–H groups in total. The number of nitrogens with one attached hydrogen (secondary N) is 1. The van der Waals surface area contributed by atoms with Crippen LogP contribution in [0.15, 0.2) is 18.2 Å². The topological polar surface area (TPSA) is 33.7 Å². The lowest BCUT2D eigenvalue weighted by atomic mass is 9.98. The number of hydrogen-bond acceptors (Lipinski definition) is 4. The number of methoxy groups -OCH3 is 1. The monoisotopic (exact) mass is 342 g/mol. The third-order valence-electron chi connectivity index (χ3n) is 4.48. The SMILES string of the molecule is COc1ccc(CNC2CCN(C(C)(C)C)CC2)cc1OC(F)F. The van der Waals surface area contributed by atoms with Crippen LogP contribution in [0.2, 0.25) is 0 Å². The minimum absolute atomic E-state index is 0.0781. The van der Waals surface area contributed by atoms with Crippen molar-refractivity contribution in [3.8, 4) is 11.5 Å². The smallest absolute Gasteiger partial charge is 0.387 e. The Morgan fingerprint density at radius 2 is 1.88 bits per heavy atom. The largest absolute Gasteiger partial charge is 0.493 e. The molecule has 1 aliphatic rings. The van der Waals surface area contributed by atoms with Gasteiger partial charge in [-0.25, -0.2) is 0 Å². The second-order valence-corrected chi connectivity index (χ2v) is 7.18. The summed E-state index contributed by atoms with van der Waals surface area (Å²) in [5.74, 6) is 0.395. The third-order valence-corrected chi connectivity index (χ3v) is 4.48. The number of benzene rings is 1. The fraction of sp³-hybridized carbons (Fsp3) is 0.667.